The van der Waals surface area contributed by atoms with E-state index in [1.807, 2.05) is 15.9 Å². The molecule has 8 heteroatoms. The zero-order chi connectivity index (χ0) is 16.5. The number of halogens is 2. The van der Waals surface area contributed by atoms with Gasteiger partial charge in [0.15, 0.2) is 5.69 Å². The monoisotopic (exact) mass is 365 g/mol. The second-order valence-corrected chi connectivity index (χ2v) is 6.19. The van der Waals surface area contributed by atoms with Crippen LogP contribution in [-0.2, 0) is 13.0 Å². The number of hydrogen-bond acceptors (Lipinski definition) is 4. The van der Waals surface area contributed by atoms with Crippen molar-refractivity contribution in [1.29, 1.82) is 0 Å². The summed E-state index contributed by atoms with van der Waals surface area (Å²) in [5.74, 6) is -0.255. The molecule has 0 aliphatic carbocycles. The Balaban J connectivity index is 0.00000182. The van der Waals surface area contributed by atoms with E-state index in [2.05, 4.69) is 15.5 Å². The lowest BCUT2D eigenvalue weighted by molar-refractivity contribution is 0.0739. The lowest BCUT2D eigenvalue weighted by Crippen LogP contribution is -2.49. The summed E-state index contributed by atoms with van der Waals surface area (Å²) >= 11 is 0. The van der Waals surface area contributed by atoms with Crippen LogP contribution in [0.25, 0.3) is 0 Å². The number of H-pyrrole nitrogens is 1. The summed E-state index contributed by atoms with van der Waals surface area (Å²) < 4.78 is 13.9. The molecule has 2 aromatic rings. The van der Waals surface area contributed by atoms with Crippen molar-refractivity contribution in [2.45, 2.75) is 13.0 Å². The molecule has 2 aliphatic heterocycles. The maximum atomic E-state index is 13.9. The molecule has 1 amide bonds. The summed E-state index contributed by atoms with van der Waals surface area (Å²) in [4.78, 5) is 16.6. The maximum absolute atomic E-state index is 13.9. The molecule has 134 valence electrons. The van der Waals surface area contributed by atoms with E-state index >= 15 is 0 Å². The molecule has 25 heavy (non-hydrogen) atoms. The average Bonchev–Trinajstić information content (AvgIpc) is 3.06. The first-order valence-electron chi connectivity index (χ1n) is 8.29. The van der Waals surface area contributed by atoms with Gasteiger partial charge in [-0.2, -0.15) is 5.10 Å². The van der Waals surface area contributed by atoms with Crippen molar-refractivity contribution in [3.05, 3.63) is 47.0 Å². The van der Waals surface area contributed by atoms with E-state index < -0.39 is 0 Å². The first kappa shape index (κ1) is 17.7. The van der Waals surface area contributed by atoms with Crippen molar-refractivity contribution < 1.29 is 9.18 Å². The van der Waals surface area contributed by atoms with E-state index in [9.17, 15) is 9.18 Å². The zero-order valence-electron chi connectivity index (χ0n) is 13.8. The van der Waals surface area contributed by atoms with Gasteiger partial charge in [0.25, 0.3) is 5.91 Å². The number of aromatic nitrogens is 2. The number of carbonyl (C=O) groups excluding carboxylic acids is 1. The Kier molecular flexibility index (Phi) is 5.24. The van der Waals surface area contributed by atoms with Gasteiger partial charge < -0.3 is 15.1 Å². The van der Waals surface area contributed by atoms with Gasteiger partial charge in [0, 0.05) is 56.9 Å². The molecule has 2 N–H and O–H groups in total. The van der Waals surface area contributed by atoms with Crippen LogP contribution in [-0.4, -0.2) is 53.7 Å². The molecule has 0 saturated carbocycles. The van der Waals surface area contributed by atoms with Crippen LogP contribution >= 0.6 is 12.4 Å². The smallest absolute Gasteiger partial charge is 0.274 e. The van der Waals surface area contributed by atoms with E-state index in [0.29, 0.717) is 44.1 Å². The van der Waals surface area contributed by atoms with Crippen molar-refractivity contribution in [3.63, 3.8) is 0 Å². The van der Waals surface area contributed by atoms with Gasteiger partial charge in [0.1, 0.15) is 5.82 Å². The van der Waals surface area contributed by atoms with Crippen LogP contribution in [0.4, 0.5) is 10.1 Å². The summed E-state index contributed by atoms with van der Waals surface area (Å²) in [6.07, 6.45) is 0.872. The van der Waals surface area contributed by atoms with E-state index in [1.54, 1.807) is 12.1 Å². The molecule has 1 fully saturated rings. The lowest BCUT2D eigenvalue weighted by atomic mass is 10.1. The van der Waals surface area contributed by atoms with Gasteiger partial charge >= 0.3 is 0 Å². The number of nitrogens with one attached hydrogen (secondary N) is 2. The highest BCUT2D eigenvalue weighted by Gasteiger charge is 2.28. The van der Waals surface area contributed by atoms with Crippen molar-refractivity contribution in [1.82, 2.24) is 20.4 Å². The van der Waals surface area contributed by atoms with E-state index in [-0.39, 0.29) is 24.1 Å². The van der Waals surface area contributed by atoms with Crippen molar-refractivity contribution >= 4 is 24.0 Å². The number of para-hydroxylation sites is 1. The van der Waals surface area contributed by atoms with Crippen LogP contribution in [0.2, 0.25) is 0 Å². The number of anilines is 1. The molecular weight excluding hydrogens is 345 g/mol. The highest BCUT2D eigenvalue weighted by molar-refractivity contribution is 5.94. The topological polar surface area (TPSA) is 64.3 Å². The number of rotatable bonds is 2. The molecule has 0 radical (unpaired) electrons. The number of amides is 1. The largest absolute Gasteiger partial charge is 0.366 e. The molecular formula is C17H21ClFN5O. The summed E-state index contributed by atoms with van der Waals surface area (Å²) in [6.45, 7) is 3.98. The molecule has 1 aromatic heterocycles. The van der Waals surface area contributed by atoms with Crippen LogP contribution < -0.4 is 10.2 Å². The van der Waals surface area contributed by atoms with Crippen LogP contribution in [0.3, 0.4) is 0 Å². The number of benzene rings is 1. The normalized spacial score (nSPS) is 17.0. The van der Waals surface area contributed by atoms with Gasteiger partial charge in [-0.05, 0) is 12.1 Å². The van der Waals surface area contributed by atoms with Gasteiger partial charge in [0.05, 0.1) is 5.69 Å². The van der Waals surface area contributed by atoms with Gasteiger partial charge in [-0.3, -0.25) is 9.89 Å². The quantitative estimate of drug-likeness (QED) is 0.848. The predicted octanol–water partition coefficient (Wildman–Crippen LogP) is 1.58. The SMILES string of the molecule is Cl.O=C(c1n[nH]c2c1CNCC2)N1CCN(c2ccccc2F)CC1. The number of hydrogen-bond donors (Lipinski definition) is 2. The molecule has 0 bridgehead atoms. The molecule has 1 aromatic carbocycles. The summed E-state index contributed by atoms with van der Waals surface area (Å²) in [5, 5.41) is 10.5. The molecule has 0 atom stereocenters. The fourth-order valence-electron chi connectivity index (χ4n) is 3.41. The highest BCUT2D eigenvalue weighted by atomic mass is 35.5. The van der Waals surface area contributed by atoms with Crippen molar-refractivity contribution in [2.75, 3.05) is 37.6 Å². The van der Waals surface area contributed by atoms with Crippen molar-refractivity contribution in [3.8, 4) is 0 Å². The van der Waals surface area contributed by atoms with Crippen LogP contribution in [0.1, 0.15) is 21.7 Å². The summed E-state index contributed by atoms with van der Waals surface area (Å²) in [6, 6.07) is 6.77. The first-order valence-corrected chi connectivity index (χ1v) is 8.29. The zero-order valence-corrected chi connectivity index (χ0v) is 14.6. The molecule has 0 spiro atoms. The van der Waals surface area contributed by atoms with Gasteiger partial charge in [0.2, 0.25) is 0 Å². The summed E-state index contributed by atoms with van der Waals surface area (Å²) in [5.41, 5.74) is 3.17. The minimum absolute atomic E-state index is 0. The van der Waals surface area contributed by atoms with Crippen LogP contribution in [0, 0.1) is 5.82 Å². The molecule has 0 unspecified atom stereocenters. The second-order valence-electron chi connectivity index (χ2n) is 6.19. The number of carbonyl (C=O) groups is 1. The fraction of sp³-hybridized carbons (Fsp3) is 0.412. The van der Waals surface area contributed by atoms with Crippen molar-refractivity contribution in [2.24, 2.45) is 0 Å². The van der Waals surface area contributed by atoms with Gasteiger partial charge in [-0.15, -0.1) is 12.4 Å². The Morgan fingerprint density at radius 2 is 1.92 bits per heavy atom. The first-order chi connectivity index (χ1) is 11.7. The minimum atomic E-state index is -0.218. The molecule has 3 heterocycles. The van der Waals surface area contributed by atoms with Crippen LogP contribution in [0.5, 0.6) is 0 Å². The fourth-order valence-corrected chi connectivity index (χ4v) is 3.41. The Bertz CT molecular complexity index is 757. The lowest BCUT2D eigenvalue weighted by Gasteiger charge is -2.36. The molecule has 2 aliphatic rings. The van der Waals surface area contributed by atoms with Gasteiger partial charge in [-0.25, -0.2) is 4.39 Å². The average molecular weight is 366 g/mol. The Morgan fingerprint density at radius 1 is 1.16 bits per heavy atom. The third-order valence-corrected chi connectivity index (χ3v) is 4.77. The number of piperazine rings is 1. The van der Waals surface area contributed by atoms with E-state index in [0.717, 1.165) is 24.2 Å². The number of nitrogens with zero attached hydrogens (tertiary/aromatic N) is 3. The van der Waals surface area contributed by atoms with Gasteiger partial charge in [-0.1, -0.05) is 12.1 Å². The Hall–Kier alpha value is -2.12. The Morgan fingerprint density at radius 3 is 2.68 bits per heavy atom. The third kappa shape index (κ3) is 3.34. The maximum Gasteiger partial charge on any atom is 0.274 e. The minimum Gasteiger partial charge on any atom is -0.366 e. The van der Waals surface area contributed by atoms with Crippen LogP contribution in [0.15, 0.2) is 24.3 Å². The van der Waals surface area contributed by atoms with E-state index in [1.165, 1.54) is 6.07 Å². The molecule has 1 saturated heterocycles. The molecule has 6 nitrogen and oxygen atoms in total. The third-order valence-electron chi connectivity index (χ3n) is 4.77. The predicted molar refractivity (Wildman–Crippen MR) is 95.8 cm³/mol. The highest BCUT2D eigenvalue weighted by Crippen LogP contribution is 2.22. The van der Waals surface area contributed by atoms with E-state index in [4.69, 9.17) is 0 Å². The molecule has 4 rings (SSSR count). The summed E-state index contributed by atoms with van der Waals surface area (Å²) in [7, 11) is 0. The Labute approximate surface area is 151 Å². The number of fused-ring (bicyclic) bond motifs is 1. The number of aromatic amines is 1. The second kappa shape index (κ2) is 7.41. The standard InChI is InChI=1S/C17H20FN5O.ClH/c18-13-3-1-2-4-15(13)22-7-9-23(10-8-22)17(24)16-12-11-19-6-5-14(12)20-21-16;/h1-4,19H,5-11H2,(H,20,21);1H.